The van der Waals surface area contributed by atoms with Gasteiger partial charge in [0, 0.05) is 24.7 Å². The summed E-state index contributed by atoms with van der Waals surface area (Å²) in [5.41, 5.74) is 3.22. The van der Waals surface area contributed by atoms with Crippen molar-refractivity contribution in [1.29, 1.82) is 0 Å². The Labute approximate surface area is 143 Å². The lowest BCUT2D eigenvalue weighted by atomic mass is 9.80. The number of piperidine rings is 1. The maximum absolute atomic E-state index is 12.4. The van der Waals surface area contributed by atoms with Crippen LogP contribution in [0.5, 0.6) is 0 Å². The highest BCUT2D eigenvalue weighted by Gasteiger charge is 2.36. The lowest BCUT2D eigenvalue weighted by molar-refractivity contribution is 0.0355. The number of rotatable bonds is 2. The lowest BCUT2D eigenvalue weighted by Gasteiger charge is -2.47. The topological polar surface area (TPSA) is 38.4 Å². The van der Waals surface area contributed by atoms with Crippen LogP contribution in [-0.4, -0.2) is 28.1 Å². The average molecular weight is 328 g/mol. The van der Waals surface area contributed by atoms with Crippen LogP contribution in [0.4, 0.5) is 0 Å². The number of oxazole rings is 1. The molecule has 0 bridgehead atoms. The summed E-state index contributed by atoms with van der Waals surface area (Å²) in [6.07, 6.45) is 8.85. The minimum Gasteiger partial charge on any atom is -0.408 e. The molecule has 1 saturated heterocycles. The smallest absolute Gasteiger partial charge is 0.408 e. The number of aromatic nitrogens is 1. The van der Waals surface area contributed by atoms with Gasteiger partial charge in [0.1, 0.15) is 0 Å². The molecule has 2 fully saturated rings. The Morgan fingerprint density at radius 3 is 2.54 bits per heavy atom. The summed E-state index contributed by atoms with van der Waals surface area (Å²) in [5, 5.41) is 0. The molecule has 4 heteroatoms. The summed E-state index contributed by atoms with van der Waals surface area (Å²) in [4.78, 5) is 15.1. The first kappa shape index (κ1) is 15.9. The first-order valence-electron chi connectivity index (χ1n) is 9.44. The minimum absolute atomic E-state index is 0.196. The molecule has 1 aliphatic heterocycles. The zero-order valence-electron chi connectivity index (χ0n) is 14.9. The van der Waals surface area contributed by atoms with E-state index in [4.69, 9.17) is 4.42 Å². The van der Waals surface area contributed by atoms with Crippen LogP contribution in [0.1, 0.15) is 63.5 Å². The molecular weight excluding hydrogens is 300 g/mol. The van der Waals surface area contributed by atoms with Gasteiger partial charge in [-0.15, -0.1) is 0 Å². The molecule has 2 aliphatic rings. The largest absolute Gasteiger partial charge is 0.420 e. The second-order valence-corrected chi connectivity index (χ2v) is 7.98. The lowest BCUT2D eigenvalue weighted by Crippen LogP contribution is -2.51. The predicted octanol–water partition coefficient (Wildman–Crippen LogP) is 4.26. The molecule has 1 saturated carbocycles. The Morgan fingerprint density at radius 2 is 1.83 bits per heavy atom. The summed E-state index contributed by atoms with van der Waals surface area (Å²) in [6.45, 7) is 6.68. The fraction of sp³-hybridized carbons (Fsp3) is 0.650. The molecule has 1 aliphatic carbocycles. The van der Waals surface area contributed by atoms with Crippen molar-refractivity contribution in [1.82, 2.24) is 9.47 Å². The first-order chi connectivity index (χ1) is 11.6. The Kier molecular flexibility index (Phi) is 4.03. The summed E-state index contributed by atoms with van der Waals surface area (Å²) < 4.78 is 7.37. The summed E-state index contributed by atoms with van der Waals surface area (Å²) in [5.74, 6) is -0.196. The number of hydrogen-bond donors (Lipinski definition) is 0. The van der Waals surface area contributed by atoms with Crippen molar-refractivity contribution in [2.75, 3.05) is 13.1 Å². The van der Waals surface area contributed by atoms with Crippen molar-refractivity contribution in [3.05, 3.63) is 34.3 Å². The van der Waals surface area contributed by atoms with E-state index in [1.54, 1.807) is 0 Å². The standard InChI is InChI=1S/C20H28N2O2/c1-15-6-7-18-17(14-15)22(19(23)24-18)16-8-12-21(13-9-16)20(2)10-4-3-5-11-20/h6-7,14,16H,3-5,8-13H2,1-2H3. The monoisotopic (exact) mass is 328 g/mol. The quantitative estimate of drug-likeness (QED) is 0.826. The van der Waals surface area contributed by atoms with E-state index in [0.29, 0.717) is 11.1 Å². The van der Waals surface area contributed by atoms with E-state index in [2.05, 4.69) is 24.8 Å². The van der Waals surface area contributed by atoms with Crippen LogP contribution in [0.25, 0.3) is 11.1 Å². The van der Waals surface area contributed by atoms with E-state index < -0.39 is 0 Å². The molecule has 0 unspecified atom stereocenters. The van der Waals surface area contributed by atoms with Crippen molar-refractivity contribution < 1.29 is 4.42 Å². The molecule has 4 rings (SSSR count). The van der Waals surface area contributed by atoms with E-state index in [9.17, 15) is 4.79 Å². The Morgan fingerprint density at radius 1 is 1.12 bits per heavy atom. The van der Waals surface area contributed by atoms with Crippen LogP contribution < -0.4 is 5.76 Å². The molecule has 4 nitrogen and oxygen atoms in total. The third-order valence-corrected chi connectivity index (χ3v) is 6.29. The average Bonchev–Trinajstić information content (AvgIpc) is 2.91. The van der Waals surface area contributed by atoms with Gasteiger partial charge in [-0.3, -0.25) is 9.47 Å². The zero-order valence-corrected chi connectivity index (χ0v) is 14.9. The molecule has 0 radical (unpaired) electrons. The Bertz CT molecular complexity index is 775. The van der Waals surface area contributed by atoms with Crippen LogP contribution in [0.3, 0.4) is 0 Å². The highest BCUT2D eigenvalue weighted by Crippen LogP contribution is 2.37. The Balaban J connectivity index is 1.55. The van der Waals surface area contributed by atoms with Gasteiger partial charge in [-0.25, -0.2) is 4.79 Å². The summed E-state index contributed by atoms with van der Waals surface area (Å²) in [7, 11) is 0. The van der Waals surface area contributed by atoms with Crippen LogP contribution in [0.15, 0.2) is 27.4 Å². The number of nitrogens with zero attached hydrogens (tertiary/aromatic N) is 2. The van der Waals surface area contributed by atoms with Crippen LogP contribution in [0.2, 0.25) is 0 Å². The minimum atomic E-state index is -0.196. The molecule has 1 aromatic carbocycles. The van der Waals surface area contributed by atoms with Gasteiger partial charge in [0.05, 0.1) is 5.52 Å². The number of fused-ring (bicyclic) bond motifs is 1. The second-order valence-electron chi connectivity index (χ2n) is 7.98. The van der Waals surface area contributed by atoms with Crippen LogP contribution >= 0.6 is 0 Å². The molecule has 2 aromatic rings. The molecule has 0 amide bonds. The van der Waals surface area contributed by atoms with Gasteiger partial charge in [0.15, 0.2) is 5.58 Å². The third-order valence-electron chi connectivity index (χ3n) is 6.29. The summed E-state index contributed by atoms with van der Waals surface area (Å²) in [6, 6.07) is 6.27. The molecule has 0 N–H and O–H groups in total. The van der Waals surface area contributed by atoms with Crippen LogP contribution in [0, 0.1) is 6.92 Å². The van der Waals surface area contributed by atoms with Gasteiger partial charge in [0.25, 0.3) is 0 Å². The third kappa shape index (κ3) is 2.71. The van der Waals surface area contributed by atoms with Crippen LogP contribution in [-0.2, 0) is 0 Å². The fourth-order valence-corrected chi connectivity index (χ4v) is 4.78. The molecule has 0 atom stereocenters. The normalized spacial score (nSPS) is 22.9. The van der Waals surface area contributed by atoms with Crippen molar-refractivity contribution in [3.8, 4) is 0 Å². The van der Waals surface area contributed by atoms with E-state index >= 15 is 0 Å². The molecule has 0 spiro atoms. The second kappa shape index (κ2) is 6.07. The number of benzene rings is 1. The molecule has 130 valence electrons. The maximum Gasteiger partial charge on any atom is 0.420 e. The van der Waals surface area contributed by atoms with Crippen molar-refractivity contribution in [2.24, 2.45) is 0 Å². The van der Waals surface area contributed by atoms with Crippen molar-refractivity contribution in [3.63, 3.8) is 0 Å². The molecule has 1 aromatic heterocycles. The zero-order chi connectivity index (χ0) is 16.7. The van der Waals surface area contributed by atoms with Gasteiger partial charge in [-0.05, 0) is 57.2 Å². The van der Waals surface area contributed by atoms with Gasteiger partial charge in [-0.2, -0.15) is 0 Å². The van der Waals surface area contributed by atoms with Crippen molar-refractivity contribution >= 4 is 11.1 Å². The number of aryl methyl sites for hydroxylation is 1. The highest BCUT2D eigenvalue weighted by atomic mass is 16.4. The molecule has 24 heavy (non-hydrogen) atoms. The highest BCUT2D eigenvalue weighted by molar-refractivity contribution is 5.73. The molecular formula is C20H28N2O2. The number of likely N-dealkylation sites (tertiary alicyclic amines) is 1. The van der Waals surface area contributed by atoms with Gasteiger partial charge < -0.3 is 4.42 Å². The van der Waals surface area contributed by atoms with E-state index in [0.717, 1.165) is 31.4 Å². The predicted molar refractivity (Wildman–Crippen MR) is 96.5 cm³/mol. The Hall–Kier alpha value is -1.55. The first-order valence-corrected chi connectivity index (χ1v) is 9.44. The van der Waals surface area contributed by atoms with E-state index in [1.807, 2.05) is 16.7 Å². The van der Waals surface area contributed by atoms with E-state index in [-0.39, 0.29) is 11.8 Å². The number of hydrogen-bond acceptors (Lipinski definition) is 3. The molecule has 2 heterocycles. The van der Waals surface area contributed by atoms with Gasteiger partial charge in [0.2, 0.25) is 0 Å². The fourth-order valence-electron chi connectivity index (χ4n) is 4.78. The van der Waals surface area contributed by atoms with Gasteiger partial charge in [-0.1, -0.05) is 25.3 Å². The van der Waals surface area contributed by atoms with E-state index in [1.165, 1.54) is 37.7 Å². The summed E-state index contributed by atoms with van der Waals surface area (Å²) >= 11 is 0. The van der Waals surface area contributed by atoms with Gasteiger partial charge >= 0.3 is 5.76 Å². The SMILES string of the molecule is Cc1ccc2oc(=O)n(C3CCN(C4(C)CCCCC4)CC3)c2c1. The van der Waals surface area contributed by atoms with Crippen molar-refractivity contribution in [2.45, 2.75) is 70.4 Å². The maximum atomic E-state index is 12.4.